The van der Waals surface area contributed by atoms with Gasteiger partial charge in [0.15, 0.2) is 0 Å². The molecule has 1 saturated carbocycles. The second kappa shape index (κ2) is 11.6. The fraction of sp³-hybridized carbons (Fsp3) is 0.552. The van der Waals surface area contributed by atoms with E-state index in [0.717, 1.165) is 86.3 Å². The van der Waals surface area contributed by atoms with Gasteiger partial charge in [0, 0.05) is 43.6 Å². The fourth-order valence-electron chi connectivity index (χ4n) is 5.49. The first-order valence-corrected chi connectivity index (χ1v) is 13.7. The zero-order valence-corrected chi connectivity index (χ0v) is 21.9. The second-order valence-corrected chi connectivity index (χ2v) is 10.5. The van der Waals surface area contributed by atoms with Crippen LogP contribution in [0.2, 0.25) is 0 Å². The lowest BCUT2D eigenvalue weighted by Gasteiger charge is -2.23. The molecular formula is C29H38N4O4. The SMILES string of the molecule is CC[C@H](NCc1ccc2c(c1)nc(-c1c[nH]c(=O)c(C)c1)n2CC1CCOCC1)C(=O)OC1CCCC1. The summed E-state index contributed by atoms with van der Waals surface area (Å²) < 4.78 is 13.6. The minimum Gasteiger partial charge on any atom is -0.461 e. The number of hydrogen-bond donors (Lipinski definition) is 2. The number of imidazole rings is 1. The van der Waals surface area contributed by atoms with Crippen LogP contribution in [0, 0.1) is 12.8 Å². The summed E-state index contributed by atoms with van der Waals surface area (Å²) in [6.07, 6.45) is 8.81. The highest BCUT2D eigenvalue weighted by atomic mass is 16.5. The molecule has 2 aromatic heterocycles. The van der Waals surface area contributed by atoms with Crippen LogP contribution in [0.1, 0.15) is 63.0 Å². The summed E-state index contributed by atoms with van der Waals surface area (Å²) >= 11 is 0. The summed E-state index contributed by atoms with van der Waals surface area (Å²) in [5.74, 6) is 1.23. The van der Waals surface area contributed by atoms with Crippen LogP contribution in [0.15, 0.2) is 35.3 Å². The van der Waals surface area contributed by atoms with Gasteiger partial charge in [0.1, 0.15) is 18.0 Å². The number of aromatic nitrogens is 3. The maximum atomic E-state index is 12.7. The predicted molar refractivity (Wildman–Crippen MR) is 143 cm³/mol. The number of aromatic amines is 1. The molecule has 3 heterocycles. The van der Waals surface area contributed by atoms with Gasteiger partial charge in [-0.3, -0.25) is 9.59 Å². The summed E-state index contributed by atoms with van der Waals surface area (Å²) in [5.41, 5.74) is 4.54. The van der Waals surface area contributed by atoms with Gasteiger partial charge in [-0.1, -0.05) is 13.0 Å². The third-order valence-corrected chi connectivity index (χ3v) is 7.77. The lowest BCUT2D eigenvalue weighted by molar-refractivity contribution is -0.151. The minimum absolute atomic E-state index is 0.0781. The van der Waals surface area contributed by atoms with E-state index in [1.807, 2.05) is 19.9 Å². The monoisotopic (exact) mass is 506 g/mol. The molecule has 0 unspecified atom stereocenters. The average molecular weight is 507 g/mol. The molecule has 8 nitrogen and oxygen atoms in total. The topological polar surface area (TPSA) is 98.2 Å². The Kier molecular flexibility index (Phi) is 8.05. The third kappa shape index (κ3) is 5.96. The Hall–Kier alpha value is -2.97. The van der Waals surface area contributed by atoms with Gasteiger partial charge in [0.05, 0.1) is 11.0 Å². The van der Waals surface area contributed by atoms with E-state index in [-0.39, 0.29) is 23.7 Å². The van der Waals surface area contributed by atoms with Gasteiger partial charge in [-0.25, -0.2) is 4.98 Å². The number of aryl methyl sites for hydroxylation is 1. The molecule has 2 aliphatic rings. The predicted octanol–water partition coefficient (Wildman–Crippen LogP) is 4.48. The first-order valence-electron chi connectivity index (χ1n) is 13.7. The van der Waals surface area contributed by atoms with E-state index in [1.165, 1.54) is 0 Å². The molecule has 0 spiro atoms. The summed E-state index contributed by atoms with van der Waals surface area (Å²) in [7, 11) is 0. The Morgan fingerprint density at radius 3 is 2.73 bits per heavy atom. The van der Waals surface area contributed by atoms with Gasteiger partial charge in [0.2, 0.25) is 0 Å². The molecule has 3 aromatic rings. The Bertz CT molecular complexity index is 1280. The van der Waals surface area contributed by atoms with Crippen molar-refractivity contribution in [1.82, 2.24) is 19.9 Å². The molecule has 0 amide bonds. The van der Waals surface area contributed by atoms with Crippen molar-refractivity contribution in [3.8, 4) is 11.4 Å². The molecule has 37 heavy (non-hydrogen) atoms. The van der Waals surface area contributed by atoms with E-state index in [0.29, 0.717) is 24.4 Å². The van der Waals surface area contributed by atoms with Crippen LogP contribution in [0.4, 0.5) is 0 Å². The van der Waals surface area contributed by atoms with E-state index < -0.39 is 0 Å². The van der Waals surface area contributed by atoms with Gasteiger partial charge in [-0.15, -0.1) is 0 Å². The number of benzene rings is 1. The van der Waals surface area contributed by atoms with E-state index in [2.05, 4.69) is 33.1 Å². The molecule has 5 rings (SSSR count). The van der Waals surface area contributed by atoms with Crippen LogP contribution >= 0.6 is 0 Å². The minimum atomic E-state index is -0.318. The Morgan fingerprint density at radius 2 is 2.00 bits per heavy atom. The van der Waals surface area contributed by atoms with Crippen LogP contribution in [0.5, 0.6) is 0 Å². The highest BCUT2D eigenvalue weighted by Gasteiger charge is 2.24. The Balaban J connectivity index is 1.38. The smallest absolute Gasteiger partial charge is 0.323 e. The maximum Gasteiger partial charge on any atom is 0.323 e. The van der Waals surface area contributed by atoms with E-state index >= 15 is 0 Å². The molecule has 8 heteroatoms. The fourth-order valence-corrected chi connectivity index (χ4v) is 5.49. The summed E-state index contributed by atoms with van der Waals surface area (Å²) in [4.78, 5) is 32.5. The summed E-state index contributed by atoms with van der Waals surface area (Å²) in [6, 6.07) is 7.92. The average Bonchev–Trinajstić information content (AvgIpc) is 3.54. The van der Waals surface area contributed by atoms with E-state index in [4.69, 9.17) is 14.5 Å². The summed E-state index contributed by atoms with van der Waals surface area (Å²) in [6.45, 7) is 6.83. The molecule has 0 radical (unpaired) electrons. The number of rotatable bonds is 9. The normalized spacial score (nSPS) is 17.9. The molecule has 1 saturated heterocycles. The number of H-pyrrole nitrogens is 1. The lowest BCUT2D eigenvalue weighted by Crippen LogP contribution is -2.38. The van der Waals surface area contributed by atoms with Crippen molar-refractivity contribution in [3.05, 3.63) is 51.9 Å². The largest absolute Gasteiger partial charge is 0.461 e. The number of carbonyl (C=O) groups is 1. The van der Waals surface area contributed by atoms with E-state index in [1.54, 1.807) is 6.20 Å². The molecule has 198 valence electrons. The molecule has 1 aliphatic carbocycles. The van der Waals surface area contributed by atoms with Gasteiger partial charge >= 0.3 is 5.97 Å². The van der Waals surface area contributed by atoms with Crippen molar-refractivity contribution in [1.29, 1.82) is 0 Å². The first kappa shape index (κ1) is 25.7. The van der Waals surface area contributed by atoms with Crippen LogP contribution in [0.25, 0.3) is 22.4 Å². The molecule has 0 bridgehead atoms. The maximum absolute atomic E-state index is 12.7. The van der Waals surface area contributed by atoms with Gasteiger partial charge in [-0.2, -0.15) is 0 Å². The highest BCUT2D eigenvalue weighted by molar-refractivity contribution is 5.81. The molecular weight excluding hydrogens is 468 g/mol. The molecule has 1 aromatic carbocycles. The Morgan fingerprint density at radius 1 is 1.22 bits per heavy atom. The number of pyridine rings is 1. The van der Waals surface area contributed by atoms with Crippen molar-refractivity contribution >= 4 is 17.0 Å². The van der Waals surface area contributed by atoms with Crippen LogP contribution in [-0.4, -0.2) is 45.9 Å². The molecule has 1 atom stereocenters. The number of nitrogens with zero attached hydrogens (tertiary/aromatic N) is 2. The first-order chi connectivity index (χ1) is 18.0. The number of nitrogens with one attached hydrogen (secondary N) is 2. The van der Waals surface area contributed by atoms with Crippen molar-refractivity contribution in [3.63, 3.8) is 0 Å². The quantitative estimate of drug-likeness (QED) is 0.415. The third-order valence-electron chi connectivity index (χ3n) is 7.77. The number of ether oxygens (including phenoxy) is 2. The van der Waals surface area contributed by atoms with Crippen molar-refractivity contribution in [2.75, 3.05) is 13.2 Å². The molecule has 2 fully saturated rings. The number of esters is 1. The van der Waals surface area contributed by atoms with Crippen LogP contribution < -0.4 is 10.9 Å². The van der Waals surface area contributed by atoms with Gasteiger partial charge < -0.3 is 24.3 Å². The van der Waals surface area contributed by atoms with Gasteiger partial charge in [0.25, 0.3) is 5.56 Å². The zero-order chi connectivity index (χ0) is 25.8. The van der Waals surface area contributed by atoms with Crippen LogP contribution in [-0.2, 0) is 27.4 Å². The lowest BCUT2D eigenvalue weighted by atomic mass is 10.00. The van der Waals surface area contributed by atoms with E-state index in [9.17, 15) is 9.59 Å². The van der Waals surface area contributed by atoms with Crippen LogP contribution in [0.3, 0.4) is 0 Å². The van der Waals surface area contributed by atoms with Gasteiger partial charge in [-0.05, 0) is 81.5 Å². The van der Waals surface area contributed by atoms with Crippen molar-refractivity contribution in [2.24, 2.45) is 5.92 Å². The zero-order valence-electron chi connectivity index (χ0n) is 21.9. The van der Waals surface area contributed by atoms with Crippen molar-refractivity contribution in [2.45, 2.75) is 84.0 Å². The highest BCUT2D eigenvalue weighted by Crippen LogP contribution is 2.29. The number of carbonyl (C=O) groups excluding carboxylic acids is 1. The number of fused-ring (bicyclic) bond motifs is 1. The molecule has 2 N–H and O–H groups in total. The Labute approximate surface area is 217 Å². The standard InChI is InChI=1S/C29H38N4O4/c1-3-24(29(35)37-23-6-4-5-7-23)30-16-21-8-9-26-25(15-21)32-27(22-14-19(2)28(34)31-17-22)33(26)18-20-10-12-36-13-11-20/h8-9,14-15,17,20,23-24,30H,3-7,10-13,16,18H2,1-2H3,(H,31,34)/t24-/m0/s1. The number of hydrogen-bond acceptors (Lipinski definition) is 6. The molecule has 1 aliphatic heterocycles. The summed E-state index contributed by atoms with van der Waals surface area (Å²) in [5, 5.41) is 3.39. The van der Waals surface area contributed by atoms with Crippen molar-refractivity contribution < 1.29 is 14.3 Å². The second-order valence-electron chi connectivity index (χ2n) is 10.5.